The lowest BCUT2D eigenvalue weighted by Gasteiger charge is -2.21. The SMILES string of the molecule is CN(C)[C@@H]1C[C@@H](C(=O)O)N(Cc2ccsc2)C1. The van der Waals surface area contributed by atoms with Gasteiger partial charge in [0.2, 0.25) is 0 Å². The zero-order valence-electron chi connectivity index (χ0n) is 10.2. The highest BCUT2D eigenvalue weighted by Crippen LogP contribution is 2.23. The van der Waals surface area contributed by atoms with Gasteiger partial charge in [-0.1, -0.05) is 0 Å². The Morgan fingerprint density at radius 2 is 2.41 bits per heavy atom. The highest BCUT2D eigenvalue weighted by Gasteiger charge is 2.37. The molecule has 0 aromatic carbocycles. The summed E-state index contributed by atoms with van der Waals surface area (Å²) < 4.78 is 0. The number of rotatable bonds is 4. The molecule has 0 saturated carbocycles. The Bertz CT molecular complexity index is 378. The van der Waals surface area contributed by atoms with E-state index in [9.17, 15) is 9.90 Å². The van der Waals surface area contributed by atoms with E-state index in [1.807, 2.05) is 19.5 Å². The van der Waals surface area contributed by atoms with Crippen molar-refractivity contribution in [1.82, 2.24) is 9.80 Å². The summed E-state index contributed by atoms with van der Waals surface area (Å²) in [6, 6.07) is 2.06. The lowest BCUT2D eigenvalue weighted by atomic mass is 10.1. The minimum absolute atomic E-state index is 0.342. The van der Waals surface area contributed by atoms with Gasteiger partial charge in [-0.25, -0.2) is 0 Å². The molecule has 1 fully saturated rings. The van der Waals surface area contributed by atoms with Crippen LogP contribution in [0.2, 0.25) is 0 Å². The Hall–Kier alpha value is -0.910. The summed E-state index contributed by atoms with van der Waals surface area (Å²) in [5.41, 5.74) is 1.21. The third-order valence-electron chi connectivity index (χ3n) is 3.36. The molecule has 0 unspecified atom stereocenters. The van der Waals surface area contributed by atoms with Crippen LogP contribution in [0.15, 0.2) is 16.8 Å². The number of hydrogen-bond donors (Lipinski definition) is 1. The van der Waals surface area contributed by atoms with Gasteiger partial charge in [0, 0.05) is 19.1 Å². The van der Waals surface area contributed by atoms with Crippen molar-refractivity contribution in [3.8, 4) is 0 Å². The van der Waals surface area contributed by atoms with Crippen molar-refractivity contribution in [2.45, 2.75) is 25.0 Å². The van der Waals surface area contributed by atoms with Gasteiger partial charge in [-0.2, -0.15) is 11.3 Å². The van der Waals surface area contributed by atoms with Gasteiger partial charge >= 0.3 is 5.97 Å². The molecule has 0 spiro atoms. The van der Waals surface area contributed by atoms with E-state index in [1.165, 1.54) is 5.56 Å². The molecule has 2 heterocycles. The lowest BCUT2D eigenvalue weighted by molar-refractivity contribution is -0.142. The van der Waals surface area contributed by atoms with Gasteiger partial charge < -0.3 is 10.0 Å². The summed E-state index contributed by atoms with van der Waals surface area (Å²) in [5, 5.41) is 13.4. The second kappa shape index (κ2) is 5.16. The average Bonchev–Trinajstić information content (AvgIpc) is 2.87. The van der Waals surface area contributed by atoms with Crippen LogP contribution in [0, 0.1) is 0 Å². The van der Waals surface area contributed by atoms with Crippen molar-refractivity contribution in [2.75, 3.05) is 20.6 Å². The maximum absolute atomic E-state index is 11.3. The summed E-state index contributed by atoms with van der Waals surface area (Å²) >= 11 is 1.66. The molecule has 0 amide bonds. The van der Waals surface area contributed by atoms with Crippen LogP contribution in [0.1, 0.15) is 12.0 Å². The first kappa shape index (κ1) is 12.5. The first-order chi connectivity index (χ1) is 8.08. The number of likely N-dealkylation sites (tertiary alicyclic amines) is 1. The maximum atomic E-state index is 11.3. The molecule has 1 aliphatic rings. The molecule has 17 heavy (non-hydrogen) atoms. The normalized spacial score (nSPS) is 25.6. The first-order valence-electron chi connectivity index (χ1n) is 5.72. The number of aliphatic carboxylic acids is 1. The van der Waals surface area contributed by atoms with E-state index in [1.54, 1.807) is 11.3 Å². The molecule has 2 rings (SSSR count). The molecule has 1 saturated heterocycles. The number of likely N-dealkylation sites (N-methyl/N-ethyl adjacent to an activating group) is 1. The van der Waals surface area contributed by atoms with Crippen molar-refractivity contribution < 1.29 is 9.90 Å². The van der Waals surface area contributed by atoms with E-state index in [-0.39, 0.29) is 6.04 Å². The largest absolute Gasteiger partial charge is 0.480 e. The third kappa shape index (κ3) is 2.86. The molecule has 1 aromatic rings. The molecular formula is C12H18N2O2S. The number of carboxylic acids is 1. The zero-order chi connectivity index (χ0) is 12.4. The van der Waals surface area contributed by atoms with Gasteiger partial charge in [0.1, 0.15) is 6.04 Å². The molecular weight excluding hydrogens is 236 g/mol. The van der Waals surface area contributed by atoms with Gasteiger partial charge in [0.05, 0.1) is 0 Å². The van der Waals surface area contributed by atoms with Crippen molar-refractivity contribution in [1.29, 1.82) is 0 Å². The molecule has 0 aliphatic carbocycles. The van der Waals surface area contributed by atoms with E-state index in [0.717, 1.165) is 13.1 Å². The summed E-state index contributed by atoms with van der Waals surface area (Å²) in [4.78, 5) is 15.4. The second-order valence-corrected chi connectivity index (χ2v) is 5.55. The smallest absolute Gasteiger partial charge is 0.320 e. The summed E-state index contributed by atoms with van der Waals surface area (Å²) in [7, 11) is 4.02. The Balaban J connectivity index is 2.06. The van der Waals surface area contributed by atoms with Crippen LogP contribution in [-0.2, 0) is 11.3 Å². The van der Waals surface area contributed by atoms with Crippen molar-refractivity contribution in [3.05, 3.63) is 22.4 Å². The van der Waals surface area contributed by atoms with E-state index in [4.69, 9.17) is 0 Å². The van der Waals surface area contributed by atoms with Gasteiger partial charge in [-0.15, -0.1) is 0 Å². The second-order valence-electron chi connectivity index (χ2n) is 4.77. The molecule has 2 atom stereocenters. The Kier molecular flexibility index (Phi) is 3.81. The standard InChI is InChI=1S/C12H18N2O2S/c1-13(2)10-5-11(12(15)16)14(7-10)6-9-3-4-17-8-9/h3-4,8,10-11H,5-7H2,1-2H3,(H,15,16)/t10-,11+/m1/s1. The van der Waals surface area contributed by atoms with Crippen LogP contribution in [-0.4, -0.2) is 53.6 Å². The number of carboxylic acid groups (broad SMARTS) is 1. The number of thiophene rings is 1. The number of nitrogens with zero attached hydrogens (tertiary/aromatic N) is 2. The molecule has 1 aromatic heterocycles. The van der Waals surface area contributed by atoms with E-state index >= 15 is 0 Å². The molecule has 0 bridgehead atoms. The van der Waals surface area contributed by atoms with Crippen LogP contribution in [0.3, 0.4) is 0 Å². The fraction of sp³-hybridized carbons (Fsp3) is 0.583. The third-order valence-corrected chi connectivity index (χ3v) is 4.09. The summed E-state index contributed by atoms with van der Waals surface area (Å²) in [5.74, 6) is -0.704. The quantitative estimate of drug-likeness (QED) is 0.880. The monoisotopic (exact) mass is 254 g/mol. The Labute approximate surface area is 105 Å². The van der Waals surface area contributed by atoms with Gasteiger partial charge in [0.15, 0.2) is 0 Å². The van der Waals surface area contributed by atoms with Crippen LogP contribution in [0.5, 0.6) is 0 Å². The van der Waals surface area contributed by atoms with Crippen LogP contribution >= 0.6 is 11.3 Å². The minimum Gasteiger partial charge on any atom is -0.480 e. The van der Waals surface area contributed by atoms with Crippen molar-refractivity contribution in [3.63, 3.8) is 0 Å². The predicted octanol–water partition coefficient (Wildman–Crippen LogP) is 1.34. The highest BCUT2D eigenvalue weighted by atomic mass is 32.1. The van der Waals surface area contributed by atoms with Crippen LogP contribution in [0.4, 0.5) is 0 Å². The number of hydrogen-bond acceptors (Lipinski definition) is 4. The fourth-order valence-corrected chi connectivity index (χ4v) is 2.96. The highest BCUT2D eigenvalue weighted by molar-refractivity contribution is 7.07. The van der Waals surface area contributed by atoms with Crippen molar-refractivity contribution in [2.24, 2.45) is 0 Å². The number of carbonyl (C=O) groups is 1. The molecule has 4 nitrogen and oxygen atoms in total. The molecule has 0 radical (unpaired) electrons. The molecule has 1 aliphatic heterocycles. The average molecular weight is 254 g/mol. The molecule has 5 heteroatoms. The van der Waals surface area contributed by atoms with Gasteiger partial charge in [-0.05, 0) is 42.9 Å². The Morgan fingerprint density at radius 3 is 2.94 bits per heavy atom. The summed E-state index contributed by atoms with van der Waals surface area (Å²) in [6.07, 6.45) is 0.715. The summed E-state index contributed by atoms with van der Waals surface area (Å²) in [6.45, 7) is 1.57. The van der Waals surface area contributed by atoms with E-state index in [2.05, 4.69) is 21.2 Å². The zero-order valence-corrected chi connectivity index (χ0v) is 11.0. The van der Waals surface area contributed by atoms with Gasteiger partial charge in [-0.3, -0.25) is 9.69 Å². The first-order valence-corrected chi connectivity index (χ1v) is 6.66. The topological polar surface area (TPSA) is 43.8 Å². The fourth-order valence-electron chi connectivity index (χ4n) is 2.30. The molecule has 1 N–H and O–H groups in total. The van der Waals surface area contributed by atoms with Crippen LogP contribution in [0.25, 0.3) is 0 Å². The minimum atomic E-state index is -0.704. The van der Waals surface area contributed by atoms with E-state index in [0.29, 0.717) is 12.5 Å². The molecule has 94 valence electrons. The Morgan fingerprint density at radius 1 is 1.65 bits per heavy atom. The maximum Gasteiger partial charge on any atom is 0.320 e. The van der Waals surface area contributed by atoms with Crippen molar-refractivity contribution >= 4 is 17.3 Å². The lowest BCUT2D eigenvalue weighted by Crippen LogP contribution is -2.35. The van der Waals surface area contributed by atoms with Gasteiger partial charge in [0.25, 0.3) is 0 Å². The van der Waals surface area contributed by atoms with Crippen LogP contribution < -0.4 is 0 Å². The van der Waals surface area contributed by atoms with E-state index < -0.39 is 5.97 Å². The predicted molar refractivity (Wildman–Crippen MR) is 68.2 cm³/mol.